The molecule has 0 saturated carbocycles. The van der Waals surface area contributed by atoms with Gasteiger partial charge < -0.3 is 4.90 Å². The molecule has 1 aromatic carbocycles. The molecular formula is C15H18N4O. The Morgan fingerprint density at radius 3 is 2.40 bits per heavy atom. The molecule has 0 unspecified atom stereocenters. The second-order valence-electron chi connectivity index (χ2n) is 5.03. The van der Waals surface area contributed by atoms with Gasteiger partial charge in [0.2, 0.25) is 0 Å². The summed E-state index contributed by atoms with van der Waals surface area (Å²) in [4.78, 5) is 15.7. The van der Waals surface area contributed by atoms with Gasteiger partial charge in [0.05, 0.1) is 0 Å². The fourth-order valence-corrected chi connectivity index (χ4v) is 2.49. The molecule has 0 spiro atoms. The minimum absolute atomic E-state index is 0.156. The summed E-state index contributed by atoms with van der Waals surface area (Å²) in [7, 11) is 0. The molecule has 0 radical (unpaired) electrons. The zero-order valence-corrected chi connectivity index (χ0v) is 11.3. The highest BCUT2D eigenvalue weighted by atomic mass is 16.1. The van der Waals surface area contributed by atoms with Crippen molar-refractivity contribution in [2.45, 2.75) is 6.54 Å². The maximum Gasteiger partial charge on any atom is 0.264 e. The summed E-state index contributed by atoms with van der Waals surface area (Å²) < 4.78 is 0. The molecule has 0 aliphatic carbocycles. The van der Waals surface area contributed by atoms with E-state index in [0.29, 0.717) is 0 Å². The van der Waals surface area contributed by atoms with Crippen LogP contribution in [0.2, 0.25) is 0 Å². The van der Waals surface area contributed by atoms with Gasteiger partial charge in [-0.2, -0.15) is 5.10 Å². The average Bonchev–Trinajstić information content (AvgIpc) is 2.50. The van der Waals surface area contributed by atoms with E-state index < -0.39 is 0 Å². The Morgan fingerprint density at radius 1 is 1.00 bits per heavy atom. The quantitative estimate of drug-likeness (QED) is 0.907. The number of hydrogen-bond donors (Lipinski definition) is 1. The smallest absolute Gasteiger partial charge is 0.264 e. The van der Waals surface area contributed by atoms with E-state index in [0.717, 1.165) is 38.5 Å². The van der Waals surface area contributed by atoms with Crippen LogP contribution >= 0.6 is 0 Å². The SMILES string of the molecule is O=c1ccc(N2CCN(Cc3ccccc3)CC2)n[nH]1. The van der Waals surface area contributed by atoms with Gasteiger partial charge >= 0.3 is 0 Å². The first-order chi connectivity index (χ1) is 9.81. The normalized spacial score (nSPS) is 16.3. The van der Waals surface area contributed by atoms with Crippen LogP contribution in [0.25, 0.3) is 0 Å². The first kappa shape index (κ1) is 12.9. The van der Waals surface area contributed by atoms with Crippen molar-refractivity contribution >= 4 is 5.82 Å². The third-order valence-corrected chi connectivity index (χ3v) is 3.61. The van der Waals surface area contributed by atoms with Gasteiger partial charge in [-0.3, -0.25) is 9.69 Å². The van der Waals surface area contributed by atoms with Crippen molar-refractivity contribution in [3.05, 3.63) is 58.4 Å². The molecule has 104 valence electrons. The van der Waals surface area contributed by atoms with E-state index in [1.54, 1.807) is 6.07 Å². The standard InChI is InChI=1S/C15H18N4O/c20-15-7-6-14(16-17-15)19-10-8-18(9-11-19)12-13-4-2-1-3-5-13/h1-7H,8-12H2,(H,17,20). The highest BCUT2D eigenvalue weighted by Crippen LogP contribution is 2.13. The molecule has 1 fully saturated rings. The Balaban J connectivity index is 1.57. The minimum atomic E-state index is -0.156. The summed E-state index contributed by atoms with van der Waals surface area (Å²) in [6, 6.07) is 13.8. The summed E-state index contributed by atoms with van der Waals surface area (Å²) in [6.45, 7) is 4.89. The Hall–Kier alpha value is -2.14. The van der Waals surface area contributed by atoms with E-state index in [4.69, 9.17) is 0 Å². The van der Waals surface area contributed by atoms with Crippen molar-refractivity contribution in [2.75, 3.05) is 31.1 Å². The van der Waals surface area contributed by atoms with E-state index in [-0.39, 0.29) is 5.56 Å². The van der Waals surface area contributed by atoms with Crippen molar-refractivity contribution in [3.63, 3.8) is 0 Å². The van der Waals surface area contributed by atoms with Crippen LogP contribution in [0.15, 0.2) is 47.3 Å². The van der Waals surface area contributed by atoms with Crippen molar-refractivity contribution in [2.24, 2.45) is 0 Å². The van der Waals surface area contributed by atoms with Crippen LogP contribution in [0, 0.1) is 0 Å². The maximum atomic E-state index is 11.0. The second kappa shape index (κ2) is 5.88. The van der Waals surface area contributed by atoms with Gasteiger partial charge in [0, 0.05) is 38.8 Å². The number of benzene rings is 1. The highest BCUT2D eigenvalue weighted by molar-refractivity contribution is 5.36. The van der Waals surface area contributed by atoms with E-state index in [1.807, 2.05) is 6.07 Å². The molecule has 0 atom stereocenters. The van der Waals surface area contributed by atoms with Crippen molar-refractivity contribution < 1.29 is 0 Å². The topological polar surface area (TPSA) is 52.2 Å². The molecule has 0 bridgehead atoms. The van der Waals surface area contributed by atoms with Crippen molar-refractivity contribution in [3.8, 4) is 0 Å². The lowest BCUT2D eigenvalue weighted by Crippen LogP contribution is -2.46. The number of rotatable bonds is 3. The number of aromatic nitrogens is 2. The van der Waals surface area contributed by atoms with Gasteiger partial charge in [0.25, 0.3) is 5.56 Å². The number of piperazine rings is 1. The van der Waals surface area contributed by atoms with E-state index in [2.05, 4.69) is 44.3 Å². The fraction of sp³-hybridized carbons (Fsp3) is 0.333. The van der Waals surface area contributed by atoms with Crippen molar-refractivity contribution in [1.29, 1.82) is 0 Å². The Bertz CT molecular complexity index is 582. The molecule has 3 rings (SSSR count). The Labute approximate surface area is 117 Å². The second-order valence-corrected chi connectivity index (χ2v) is 5.03. The third-order valence-electron chi connectivity index (χ3n) is 3.61. The van der Waals surface area contributed by atoms with E-state index in [1.165, 1.54) is 11.6 Å². The molecule has 1 aliphatic rings. The van der Waals surface area contributed by atoms with Crippen LogP contribution in [-0.2, 0) is 6.54 Å². The maximum absolute atomic E-state index is 11.0. The van der Waals surface area contributed by atoms with Crippen LogP contribution in [0.5, 0.6) is 0 Å². The lowest BCUT2D eigenvalue weighted by atomic mass is 10.2. The van der Waals surface area contributed by atoms with Crippen LogP contribution in [-0.4, -0.2) is 41.3 Å². The zero-order chi connectivity index (χ0) is 13.8. The molecule has 1 aromatic heterocycles. The first-order valence-corrected chi connectivity index (χ1v) is 6.88. The molecule has 1 saturated heterocycles. The predicted octanol–water partition coefficient (Wildman–Crippen LogP) is 1.09. The molecule has 2 heterocycles. The lowest BCUT2D eigenvalue weighted by molar-refractivity contribution is 0.249. The van der Waals surface area contributed by atoms with E-state index >= 15 is 0 Å². The zero-order valence-electron chi connectivity index (χ0n) is 11.3. The molecule has 5 nitrogen and oxygen atoms in total. The average molecular weight is 270 g/mol. The number of anilines is 1. The summed E-state index contributed by atoms with van der Waals surface area (Å²) in [5, 5.41) is 6.57. The van der Waals surface area contributed by atoms with E-state index in [9.17, 15) is 4.79 Å². The number of hydrogen-bond acceptors (Lipinski definition) is 4. The number of H-pyrrole nitrogens is 1. The Kier molecular flexibility index (Phi) is 3.78. The molecule has 1 aliphatic heterocycles. The Morgan fingerprint density at radius 2 is 1.75 bits per heavy atom. The summed E-state index contributed by atoms with van der Waals surface area (Å²) in [6.07, 6.45) is 0. The third kappa shape index (κ3) is 3.05. The number of nitrogens with zero attached hydrogens (tertiary/aromatic N) is 3. The monoisotopic (exact) mass is 270 g/mol. The summed E-state index contributed by atoms with van der Waals surface area (Å²) in [5.74, 6) is 0.851. The summed E-state index contributed by atoms with van der Waals surface area (Å²) in [5.41, 5.74) is 1.19. The predicted molar refractivity (Wildman–Crippen MR) is 78.8 cm³/mol. The van der Waals surface area contributed by atoms with Gasteiger partial charge in [-0.25, -0.2) is 5.10 Å². The van der Waals surface area contributed by atoms with Crippen LogP contribution in [0.3, 0.4) is 0 Å². The van der Waals surface area contributed by atoms with Crippen molar-refractivity contribution in [1.82, 2.24) is 15.1 Å². The van der Waals surface area contributed by atoms with Gasteiger partial charge in [-0.15, -0.1) is 0 Å². The molecule has 20 heavy (non-hydrogen) atoms. The first-order valence-electron chi connectivity index (χ1n) is 6.88. The number of nitrogens with one attached hydrogen (secondary N) is 1. The molecule has 1 N–H and O–H groups in total. The van der Waals surface area contributed by atoms with Crippen LogP contribution in [0.4, 0.5) is 5.82 Å². The summed E-state index contributed by atoms with van der Waals surface area (Å²) >= 11 is 0. The molecule has 0 amide bonds. The van der Waals surface area contributed by atoms with Gasteiger partial charge in [-0.1, -0.05) is 30.3 Å². The molecule has 5 heteroatoms. The minimum Gasteiger partial charge on any atom is -0.353 e. The van der Waals surface area contributed by atoms with Gasteiger partial charge in [-0.05, 0) is 11.6 Å². The molecular weight excluding hydrogens is 252 g/mol. The fourth-order valence-electron chi connectivity index (χ4n) is 2.49. The van der Waals surface area contributed by atoms with Gasteiger partial charge in [0.15, 0.2) is 0 Å². The lowest BCUT2D eigenvalue weighted by Gasteiger charge is -2.35. The molecule has 2 aromatic rings. The number of aromatic amines is 1. The van der Waals surface area contributed by atoms with Crippen LogP contribution in [0.1, 0.15) is 5.56 Å². The largest absolute Gasteiger partial charge is 0.353 e. The van der Waals surface area contributed by atoms with Crippen LogP contribution < -0.4 is 10.5 Å². The van der Waals surface area contributed by atoms with Gasteiger partial charge in [0.1, 0.15) is 5.82 Å². The highest BCUT2D eigenvalue weighted by Gasteiger charge is 2.18.